The highest BCUT2D eigenvalue weighted by Gasteiger charge is 2.16. The van der Waals surface area contributed by atoms with Crippen LogP contribution in [0.25, 0.3) is 17.3 Å². The Kier molecular flexibility index (Phi) is 10.4. The van der Waals surface area contributed by atoms with Crippen LogP contribution in [0.3, 0.4) is 0 Å². The molecule has 0 spiro atoms. The fraction of sp³-hybridized carbons (Fsp3) is 0.0588. The largest absolute Gasteiger partial charge is 0.497 e. The molecule has 0 radical (unpaired) electrons. The molecule has 0 saturated carbocycles. The molecule has 5 aromatic rings. The van der Waals surface area contributed by atoms with E-state index in [1.165, 1.54) is 35.2 Å². The summed E-state index contributed by atoms with van der Waals surface area (Å²) in [5.74, 6) is -0.820. The molecule has 0 bridgehead atoms. The van der Waals surface area contributed by atoms with Crippen molar-refractivity contribution >= 4 is 57.7 Å². The number of nitrogens with zero attached hydrogens (tertiary/aromatic N) is 1. The lowest BCUT2D eigenvalue weighted by atomic mass is 10.1. The van der Waals surface area contributed by atoms with E-state index in [9.17, 15) is 18.8 Å². The number of aromatic nitrogens is 1. The molecule has 0 fully saturated rings. The molecule has 0 aliphatic rings. The van der Waals surface area contributed by atoms with Gasteiger partial charge in [-0.05, 0) is 78.4 Å². The van der Waals surface area contributed by atoms with Crippen molar-refractivity contribution in [1.29, 1.82) is 0 Å². The standard InChI is InChI=1S/C34H27FN4O4S2/c1-43-27-11-5-7-22(17-27)18-29(37-32(41)24-8-3-2-4-9-24)33(42)36-26-10-6-12-28(19-26)44-21-31(40)39-34-38-30(20-45-34)23-13-15-25(35)16-14-23/h2-20H,21H2,1H3,(H,36,42)(H,37,41)(H,38,39,40)/b29-18-. The monoisotopic (exact) mass is 638 g/mol. The lowest BCUT2D eigenvalue weighted by molar-refractivity contribution is -0.114. The molecule has 11 heteroatoms. The number of hydrogen-bond acceptors (Lipinski definition) is 7. The second kappa shape index (κ2) is 15.0. The number of carbonyl (C=O) groups is 3. The van der Waals surface area contributed by atoms with Crippen molar-refractivity contribution in [2.24, 2.45) is 0 Å². The zero-order valence-corrected chi connectivity index (χ0v) is 25.6. The van der Waals surface area contributed by atoms with Crippen molar-refractivity contribution in [1.82, 2.24) is 10.3 Å². The lowest BCUT2D eigenvalue weighted by Crippen LogP contribution is -2.30. The molecule has 0 saturated heterocycles. The smallest absolute Gasteiger partial charge is 0.272 e. The van der Waals surface area contributed by atoms with Crippen LogP contribution in [-0.2, 0) is 9.59 Å². The van der Waals surface area contributed by atoms with Crippen LogP contribution in [0.4, 0.5) is 15.2 Å². The van der Waals surface area contributed by atoms with Gasteiger partial charge in [0.1, 0.15) is 17.3 Å². The summed E-state index contributed by atoms with van der Waals surface area (Å²) < 4.78 is 18.5. The first-order valence-electron chi connectivity index (χ1n) is 13.6. The number of rotatable bonds is 11. The average Bonchev–Trinajstić information content (AvgIpc) is 3.52. The summed E-state index contributed by atoms with van der Waals surface area (Å²) in [5.41, 5.74) is 2.99. The number of carbonyl (C=O) groups excluding carboxylic acids is 3. The molecule has 0 aliphatic heterocycles. The second-order valence-corrected chi connectivity index (χ2v) is 11.4. The van der Waals surface area contributed by atoms with Crippen molar-refractivity contribution in [3.05, 3.63) is 131 Å². The second-order valence-electron chi connectivity index (χ2n) is 9.52. The molecule has 1 aromatic heterocycles. The predicted octanol–water partition coefficient (Wildman–Crippen LogP) is 7.10. The van der Waals surface area contributed by atoms with E-state index >= 15 is 0 Å². The molecular formula is C34H27FN4O4S2. The molecule has 0 unspecified atom stereocenters. The van der Waals surface area contributed by atoms with Crippen LogP contribution >= 0.6 is 23.1 Å². The molecule has 5 rings (SSSR count). The van der Waals surface area contributed by atoms with E-state index in [0.29, 0.717) is 33.4 Å². The number of ether oxygens (including phenoxy) is 1. The SMILES string of the molecule is COc1cccc(/C=C(\NC(=O)c2ccccc2)C(=O)Nc2cccc(SCC(=O)Nc3nc(-c4ccc(F)cc4)cs3)c2)c1. The first-order chi connectivity index (χ1) is 21.9. The number of halogens is 1. The quantitative estimate of drug-likeness (QED) is 0.105. The van der Waals surface area contributed by atoms with Gasteiger partial charge < -0.3 is 20.7 Å². The molecule has 0 atom stereocenters. The first kappa shape index (κ1) is 31.2. The number of thioether (sulfide) groups is 1. The third kappa shape index (κ3) is 8.88. The Morgan fingerprint density at radius 1 is 0.911 bits per heavy atom. The first-order valence-corrected chi connectivity index (χ1v) is 15.5. The van der Waals surface area contributed by atoms with Gasteiger partial charge in [0.15, 0.2) is 5.13 Å². The van der Waals surface area contributed by atoms with E-state index in [-0.39, 0.29) is 23.2 Å². The third-order valence-corrected chi connectivity index (χ3v) is 8.04. The fourth-order valence-corrected chi connectivity index (χ4v) is 5.58. The lowest BCUT2D eigenvalue weighted by Gasteiger charge is -2.12. The van der Waals surface area contributed by atoms with Gasteiger partial charge in [-0.25, -0.2) is 9.37 Å². The van der Waals surface area contributed by atoms with E-state index in [4.69, 9.17) is 4.74 Å². The summed E-state index contributed by atoms with van der Waals surface area (Å²) in [4.78, 5) is 44.1. The van der Waals surface area contributed by atoms with E-state index in [2.05, 4.69) is 20.9 Å². The van der Waals surface area contributed by atoms with Crippen molar-refractivity contribution in [2.75, 3.05) is 23.5 Å². The maximum absolute atomic E-state index is 13.4. The summed E-state index contributed by atoms with van der Waals surface area (Å²) in [7, 11) is 1.55. The highest BCUT2D eigenvalue weighted by atomic mass is 32.2. The molecule has 226 valence electrons. The number of anilines is 2. The molecule has 45 heavy (non-hydrogen) atoms. The highest BCUT2D eigenvalue weighted by Crippen LogP contribution is 2.26. The van der Waals surface area contributed by atoms with E-state index in [1.54, 1.807) is 103 Å². The third-order valence-electron chi connectivity index (χ3n) is 6.29. The Hall–Kier alpha value is -5.26. The van der Waals surface area contributed by atoms with Crippen molar-refractivity contribution in [3.63, 3.8) is 0 Å². The van der Waals surface area contributed by atoms with Crippen LogP contribution in [-0.4, -0.2) is 35.6 Å². The number of methoxy groups -OCH3 is 1. The molecule has 0 aliphatic carbocycles. The van der Waals surface area contributed by atoms with Gasteiger partial charge in [0, 0.05) is 27.1 Å². The zero-order chi connectivity index (χ0) is 31.6. The maximum atomic E-state index is 13.4. The Morgan fingerprint density at radius 3 is 2.47 bits per heavy atom. The van der Waals surface area contributed by atoms with Crippen LogP contribution < -0.4 is 20.7 Å². The molecule has 4 aromatic carbocycles. The number of nitrogens with one attached hydrogen (secondary N) is 3. The Bertz CT molecular complexity index is 1840. The van der Waals surface area contributed by atoms with Crippen LogP contribution in [0.1, 0.15) is 15.9 Å². The molecule has 1 heterocycles. The molecule has 8 nitrogen and oxygen atoms in total. The van der Waals surface area contributed by atoms with Crippen molar-refractivity contribution in [2.45, 2.75) is 4.90 Å². The minimum atomic E-state index is -0.525. The fourth-order valence-electron chi connectivity index (χ4n) is 4.09. The van der Waals surface area contributed by atoms with Gasteiger partial charge in [-0.3, -0.25) is 14.4 Å². The van der Waals surface area contributed by atoms with E-state index in [1.807, 2.05) is 6.07 Å². The summed E-state index contributed by atoms with van der Waals surface area (Å²) in [5, 5.41) is 10.6. The zero-order valence-electron chi connectivity index (χ0n) is 24.0. The number of thiazole rings is 1. The predicted molar refractivity (Wildman–Crippen MR) is 177 cm³/mol. The molecular weight excluding hydrogens is 612 g/mol. The van der Waals surface area contributed by atoms with Crippen LogP contribution in [0.2, 0.25) is 0 Å². The normalized spacial score (nSPS) is 11.0. The van der Waals surface area contributed by atoms with E-state index < -0.39 is 11.8 Å². The maximum Gasteiger partial charge on any atom is 0.272 e. The van der Waals surface area contributed by atoms with Gasteiger partial charge in [-0.1, -0.05) is 36.4 Å². The Balaban J connectivity index is 1.23. The van der Waals surface area contributed by atoms with Gasteiger partial charge in [0.25, 0.3) is 11.8 Å². The summed E-state index contributed by atoms with van der Waals surface area (Å²) in [6.07, 6.45) is 1.57. The minimum Gasteiger partial charge on any atom is -0.497 e. The topological polar surface area (TPSA) is 109 Å². The number of hydrogen-bond donors (Lipinski definition) is 3. The van der Waals surface area contributed by atoms with E-state index in [0.717, 1.165) is 10.5 Å². The van der Waals surface area contributed by atoms with Crippen LogP contribution in [0.5, 0.6) is 5.75 Å². The van der Waals surface area contributed by atoms with Crippen molar-refractivity contribution in [3.8, 4) is 17.0 Å². The number of amides is 3. The summed E-state index contributed by atoms with van der Waals surface area (Å²) in [6, 6.07) is 28.8. The summed E-state index contributed by atoms with van der Waals surface area (Å²) in [6.45, 7) is 0. The Labute approximate surface area is 267 Å². The van der Waals surface area contributed by atoms with Crippen molar-refractivity contribution < 1.29 is 23.5 Å². The van der Waals surface area contributed by atoms with Crippen LogP contribution in [0, 0.1) is 5.82 Å². The highest BCUT2D eigenvalue weighted by molar-refractivity contribution is 8.00. The van der Waals surface area contributed by atoms with Crippen LogP contribution in [0.15, 0.2) is 119 Å². The van der Waals surface area contributed by atoms with Gasteiger partial charge in [-0.15, -0.1) is 23.1 Å². The molecule has 3 N–H and O–H groups in total. The van der Waals surface area contributed by atoms with Gasteiger partial charge >= 0.3 is 0 Å². The molecule has 3 amide bonds. The Morgan fingerprint density at radius 2 is 1.69 bits per heavy atom. The van der Waals surface area contributed by atoms with Gasteiger partial charge in [-0.2, -0.15) is 0 Å². The number of benzene rings is 4. The van der Waals surface area contributed by atoms with Gasteiger partial charge in [0.2, 0.25) is 5.91 Å². The summed E-state index contributed by atoms with van der Waals surface area (Å²) >= 11 is 2.57. The minimum absolute atomic E-state index is 0.0398. The van der Waals surface area contributed by atoms with Gasteiger partial charge in [0.05, 0.1) is 18.6 Å². The average molecular weight is 639 g/mol.